The van der Waals surface area contributed by atoms with Gasteiger partial charge in [0.05, 0.1) is 22.7 Å². The van der Waals surface area contributed by atoms with Crippen molar-refractivity contribution in [3.63, 3.8) is 0 Å². The van der Waals surface area contributed by atoms with E-state index in [2.05, 4.69) is 10.1 Å². The summed E-state index contributed by atoms with van der Waals surface area (Å²) in [6.45, 7) is 0.589. The predicted octanol–water partition coefficient (Wildman–Crippen LogP) is 6.55. The summed E-state index contributed by atoms with van der Waals surface area (Å²) in [5, 5.41) is 24.0. The molecule has 4 rings (SSSR count). The molecule has 3 aromatic rings. The Balaban J connectivity index is 1.59. The van der Waals surface area contributed by atoms with Crippen LogP contribution in [0.15, 0.2) is 66.7 Å². The maximum Gasteiger partial charge on any atom is 0.573 e. The van der Waals surface area contributed by atoms with Crippen LogP contribution in [0.5, 0.6) is 5.75 Å². The molecule has 41 heavy (non-hydrogen) atoms. The summed E-state index contributed by atoms with van der Waals surface area (Å²) >= 11 is 0. The van der Waals surface area contributed by atoms with Crippen molar-refractivity contribution in [2.75, 3.05) is 25.0 Å². The monoisotopic (exact) mass is 583 g/mol. The molecule has 1 fully saturated rings. The highest BCUT2D eigenvalue weighted by Crippen LogP contribution is 2.38. The maximum absolute atomic E-state index is 13.4. The fraction of sp³-hybridized carbons (Fsp3) is 0.357. The number of hydrogen-bond donors (Lipinski definition) is 2. The molecule has 0 radical (unpaired) electrons. The Morgan fingerprint density at radius 3 is 2.44 bits per heavy atom. The first-order valence-corrected chi connectivity index (χ1v) is 12.6. The van der Waals surface area contributed by atoms with Crippen LogP contribution in [0, 0.1) is 15.5 Å². The van der Waals surface area contributed by atoms with Gasteiger partial charge in [0, 0.05) is 42.4 Å². The van der Waals surface area contributed by atoms with Crippen molar-refractivity contribution >= 4 is 11.4 Å². The van der Waals surface area contributed by atoms with Gasteiger partial charge in [-0.3, -0.25) is 15.0 Å². The minimum Gasteiger partial charge on any atom is -0.405 e. The fourth-order valence-corrected chi connectivity index (χ4v) is 5.17. The van der Waals surface area contributed by atoms with Gasteiger partial charge in [0.15, 0.2) is 0 Å². The first-order valence-electron chi connectivity index (χ1n) is 12.6. The van der Waals surface area contributed by atoms with Crippen LogP contribution in [0.4, 0.5) is 37.7 Å². The summed E-state index contributed by atoms with van der Waals surface area (Å²) in [6.07, 6.45) is -8.68. The molecule has 1 unspecified atom stereocenters. The van der Waals surface area contributed by atoms with E-state index in [1.165, 1.54) is 36.4 Å². The van der Waals surface area contributed by atoms with E-state index in [0.717, 1.165) is 12.1 Å². The van der Waals surface area contributed by atoms with E-state index >= 15 is 0 Å². The molecule has 0 aromatic heterocycles. The number of aliphatic hydroxyl groups is 1. The van der Waals surface area contributed by atoms with Crippen molar-refractivity contribution in [1.29, 1.82) is 0 Å². The lowest BCUT2D eigenvalue weighted by molar-refractivity contribution is -0.385. The molecular formula is C28H27F6N3O4. The van der Waals surface area contributed by atoms with Crippen molar-refractivity contribution in [3.05, 3.63) is 99.1 Å². The number of likely N-dealkylation sites (tertiary alicyclic amines) is 1. The molecule has 0 spiro atoms. The van der Waals surface area contributed by atoms with Crippen molar-refractivity contribution in [3.8, 4) is 5.75 Å². The molecule has 1 saturated heterocycles. The Hall–Kier alpha value is -3.84. The smallest absolute Gasteiger partial charge is 0.405 e. The zero-order chi connectivity index (χ0) is 29.8. The predicted molar refractivity (Wildman–Crippen MR) is 138 cm³/mol. The number of rotatable bonds is 10. The van der Waals surface area contributed by atoms with Gasteiger partial charge < -0.3 is 15.2 Å². The zero-order valence-corrected chi connectivity index (χ0v) is 21.6. The molecule has 1 aliphatic rings. The van der Waals surface area contributed by atoms with E-state index in [1.807, 2.05) is 4.90 Å². The largest absolute Gasteiger partial charge is 0.573 e. The molecule has 0 bridgehead atoms. The van der Waals surface area contributed by atoms with E-state index in [4.69, 9.17) is 0 Å². The van der Waals surface area contributed by atoms with E-state index < -0.39 is 35.0 Å². The summed E-state index contributed by atoms with van der Waals surface area (Å²) < 4.78 is 83.1. The van der Waals surface area contributed by atoms with E-state index in [9.17, 15) is 41.6 Å². The third-order valence-corrected chi connectivity index (χ3v) is 7.06. The molecule has 1 aliphatic heterocycles. The number of anilines is 1. The second kappa shape index (κ2) is 12.0. The van der Waals surface area contributed by atoms with E-state index in [1.54, 1.807) is 18.2 Å². The number of nitro benzene ring substituents is 1. The summed E-state index contributed by atoms with van der Waals surface area (Å²) in [4.78, 5) is 12.7. The number of hydrogen-bond acceptors (Lipinski definition) is 6. The van der Waals surface area contributed by atoms with Crippen molar-refractivity contribution in [2.24, 2.45) is 5.41 Å². The first-order chi connectivity index (χ1) is 19.3. The molecule has 7 nitrogen and oxygen atoms in total. The number of nitrogens with one attached hydrogen (secondary N) is 1. The third kappa shape index (κ3) is 7.88. The summed E-state index contributed by atoms with van der Waals surface area (Å²) in [5.74, 6) is -0.329. The molecular weight excluding hydrogens is 556 g/mol. The van der Waals surface area contributed by atoms with Gasteiger partial charge in [0.25, 0.3) is 5.69 Å². The molecule has 1 atom stereocenters. The van der Waals surface area contributed by atoms with Gasteiger partial charge in [-0.1, -0.05) is 36.4 Å². The van der Waals surface area contributed by atoms with Crippen LogP contribution in [-0.4, -0.2) is 40.9 Å². The average molecular weight is 584 g/mol. The van der Waals surface area contributed by atoms with Crippen LogP contribution in [0.3, 0.4) is 0 Å². The molecule has 3 aromatic carbocycles. The van der Waals surface area contributed by atoms with Crippen molar-refractivity contribution < 1.29 is 41.1 Å². The Labute approximate surface area is 231 Å². The average Bonchev–Trinajstić information content (AvgIpc) is 3.29. The van der Waals surface area contributed by atoms with E-state index in [0.29, 0.717) is 36.3 Å². The van der Waals surface area contributed by atoms with Crippen molar-refractivity contribution in [1.82, 2.24) is 4.90 Å². The van der Waals surface area contributed by atoms with Crippen LogP contribution in [0.1, 0.15) is 28.7 Å². The quantitative estimate of drug-likeness (QED) is 0.160. The lowest BCUT2D eigenvalue weighted by Crippen LogP contribution is -2.35. The number of nitro groups is 1. The van der Waals surface area contributed by atoms with Gasteiger partial charge in [-0.15, -0.1) is 13.2 Å². The number of halogens is 6. The van der Waals surface area contributed by atoms with Crippen LogP contribution >= 0.6 is 0 Å². The van der Waals surface area contributed by atoms with Gasteiger partial charge in [0.1, 0.15) is 5.75 Å². The molecule has 0 amide bonds. The van der Waals surface area contributed by atoms with Gasteiger partial charge in [-0.05, 0) is 49.2 Å². The summed E-state index contributed by atoms with van der Waals surface area (Å²) in [7, 11) is 0. The van der Waals surface area contributed by atoms with Gasteiger partial charge >= 0.3 is 12.5 Å². The second-order valence-corrected chi connectivity index (χ2v) is 10.1. The standard InChI is InChI=1S/C28H27F6N3O4/c29-27(30,31)22-6-3-4-19(12-22)14-26(17-35-23-9-8-21(16-38)24(13-23)37(39)40)10-11-36(18-26)15-20-5-1-2-7-25(20)41-28(32,33)34/h1-9,12-13,35,38H,10-11,14-18H2. The second-order valence-electron chi connectivity index (χ2n) is 10.1. The maximum atomic E-state index is 13.4. The highest BCUT2D eigenvalue weighted by atomic mass is 19.4. The highest BCUT2D eigenvalue weighted by molar-refractivity contribution is 5.55. The number of nitrogens with zero attached hydrogens (tertiary/aromatic N) is 2. The number of ether oxygens (including phenoxy) is 1. The number of para-hydroxylation sites is 1. The summed E-state index contributed by atoms with van der Waals surface area (Å²) in [5.41, 5.74) is -0.464. The Kier molecular flexibility index (Phi) is 8.78. The lowest BCUT2D eigenvalue weighted by atomic mass is 9.80. The Bertz CT molecular complexity index is 1380. The molecule has 1 heterocycles. The molecule has 220 valence electrons. The lowest BCUT2D eigenvalue weighted by Gasteiger charge is -2.31. The number of benzene rings is 3. The summed E-state index contributed by atoms with van der Waals surface area (Å²) in [6, 6.07) is 15.0. The minimum atomic E-state index is -4.87. The van der Waals surface area contributed by atoms with Gasteiger partial charge in [-0.2, -0.15) is 13.2 Å². The number of aliphatic hydroxyl groups excluding tert-OH is 1. The van der Waals surface area contributed by atoms with Gasteiger partial charge in [-0.25, -0.2) is 0 Å². The molecule has 0 saturated carbocycles. The Morgan fingerprint density at radius 2 is 1.76 bits per heavy atom. The highest BCUT2D eigenvalue weighted by Gasteiger charge is 2.40. The molecule has 13 heteroatoms. The topological polar surface area (TPSA) is 87.9 Å². The third-order valence-electron chi connectivity index (χ3n) is 7.06. The van der Waals surface area contributed by atoms with Crippen LogP contribution < -0.4 is 10.1 Å². The SMILES string of the molecule is O=[N+]([O-])c1cc(NCC2(Cc3cccc(C(F)(F)F)c3)CCN(Cc3ccccc3OC(F)(F)F)C2)ccc1CO. The van der Waals surface area contributed by atoms with Crippen molar-refractivity contribution in [2.45, 2.75) is 38.5 Å². The van der Waals surface area contributed by atoms with Gasteiger partial charge in [0.2, 0.25) is 0 Å². The Morgan fingerprint density at radius 1 is 1.00 bits per heavy atom. The molecule has 2 N–H and O–H groups in total. The van der Waals surface area contributed by atoms with Crippen LogP contribution in [0.25, 0.3) is 0 Å². The molecule has 0 aliphatic carbocycles. The number of alkyl halides is 6. The van der Waals surface area contributed by atoms with Crippen LogP contribution in [-0.2, 0) is 25.7 Å². The first kappa shape index (κ1) is 30.1. The minimum absolute atomic E-state index is 0.118. The zero-order valence-electron chi connectivity index (χ0n) is 21.6. The van der Waals surface area contributed by atoms with Crippen LogP contribution in [0.2, 0.25) is 0 Å². The fourth-order valence-electron chi connectivity index (χ4n) is 5.17. The van der Waals surface area contributed by atoms with E-state index in [-0.39, 0.29) is 36.5 Å². The normalized spacial score (nSPS) is 17.9.